The molecule has 1 aliphatic rings. The van der Waals surface area contributed by atoms with Crippen LogP contribution in [0.4, 0.5) is 0 Å². The molecule has 1 amide bonds. The fourth-order valence-corrected chi connectivity index (χ4v) is 1.73. The Balaban J connectivity index is 2.46. The van der Waals surface area contributed by atoms with Gasteiger partial charge in [0.05, 0.1) is 5.92 Å². The van der Waals surface area contributed by atoms with Gasteiger partial charge in [0, 0.05) is 25.7 Å². The lowest BCUT2D eigenvalue weighted by atomic mass is 9.93. The Kier molecular flexibility index (Phi) is 4.18. The normalized spacial score (nSPS) is 25.5. The van der Waals surface area contributed by atoms with E-state index in [0.717, 1.165) is 32.5 Å². The average Bonchev–Trinajstić information content (AvgIpc) is 2.15. The second-order valence-electron chi connectivity index (χ2n) is 3.48. The maximum absolute atomic E-state index is 11.1. The molecule has 4 heteroatoms. The molecule has 3 N–H and O–H groups in total. The molecule has 2 unspecified atom stereocenters. The summed E-state index contributed by atoms with van der Waals surface area (Å²) in [5.74, 6) is -0.280. The number of carbonyl (C=O) groups excluding carboxylic acids is 1. The minimum atomic E-state index is -0.209. The molecule has 1 saturated heterocycles. The Hall–Kier alpha value is -0.610. The van der Waals surface area contributed by atoms with E-state index in [2.05, 4.69) is 17.6 Å². The van der Waals surface area contributed by atoms with Crippen LogP contribution in [0.3, 0.4) is 0 Å². The molecule has 13 heavy (non-hydrogen) atoms. The van der Waals surface area contributed by atoms with E-state index >= 15 is 0 Å². The fourth-order valence-electron chi connectivity index (χ4n) is 1.73. The first-order valence-electron chi connectivity index (χ1n) is 4.92. The van der Waals surface area contributed by atoms with Gasteiger partial charge < -0.3 is 11.1 Å². The van der Waals surface area contributed by atoms with Crippen molar-refractivity contribution in [1.82, 2.24) is 10.6 Å². The van der Waals surface area contributed by atoms with Crippen molar-refractivity contribution in [3.63, 3.8) is 0 Å². The highest BCUT2D eigenvalue weighted by atomic mass is 16.1. The number of hydrogen-bond donors (Lipinski definition) is 2. The largest absolute Gasteiger partial charge is 0.369 e. The quantitative estimate of drug-likeness (QED) is 0.616. The van der Waals surface area contributed by atoms with Crippen LogP contribution in [-0.2, 0) is 4.79 Å². The molecule has 75 valence electrons. The van der Waals surface area contributed by atoms with Gasteiger partial charge in [-0.3, -0.25) is 4.79 Å². The van der Waals surface area contributed by atoms with Crippen LogP contribution >= 0.6 is 0 Å². The monoisotopic (exact) mass is 184 g/mol. The summed E-state index contributed by atoms with van der Waals surface area (Å²) in [5, 5.41) is 7.63. The summed E-state index contributed by atoms with van der Waals surface area (Å²) in [7, 11) is 0. The van der Waals surface area contributed by atoms with E-state index in [1.807, 2.05) is 0 Å². The molecule has 2 atom stereocenters. The molecule has 1 aliphatic heterocycles. The van der Waals surface area contributed by atoms with Crippen LogP contribution in [0.25, 0.3) is 0 Å². The molecule has 1 rings (SSSR count). The van der Waals surface area contributed by atoms with Crippen LogP contribution in [0, 0.1) is 5.92 Å². The lowest BCUT2D eigenvalue weighted by Crippen LogP contribution is -2.51. The van der Waals surface area contributed by atoms with Crippen molar-refractivity contribution in [1.29, 1.82) is 0 Å². The van der Waals surface area contributed by atoms with E-state index in [-0.39, 0.29) is 17.9 Å². The van der Waals surface area contributed by atoms with Crippen LogP contribution in [-0.4, -0.2) is 31.6 Å². The Morgan fingerprint density at radius 2 is 2.54 bits per heavy atom. The third-order valence-corrected chi connectivity index (χ3v) is 2.44. The van der Waals surface area contributed by atoms with Gasteiger partial charge >= 0.3 is 0 Å². The van der Waals surface area contributed by atoms with Crippen molar-refractivity contribution in [2.24, 2.45) is 11.7 Å². The number of primary amides is 1. The highest BCUT2D eigenvalue weighted by Crippen LogP contribution is 2.12. The first kappa shape index (κ1) is 10.5. The molecule has 1 fully saturated rings. The Morgan fingerprint density at radius 3 is 3.00 bits per heavy atom. The van der Waals surface area contributed by atoms with Crippen LogP contribution in [0.1, 0.15) is 19.8 Å². The molecule has 0 aromatic carbocycles. The van der Waals surface area contributed by atoms with Gasteiger partial charge in [0.15, 0.2) is 0 Å². The van der Waals surface area contributed by atoms with Gasteiger partial charge in [-0.15, -0.1) is 0 Å². The summed E-state index contributed by atoms with van der Waals surface area (Å²) in [4.78, 5) is 11.1. The van der Waals surface area contributed by atoms with Crippen LogP contribution in [0.15, 0.2) is 0 Å². The first-order chi connectivity index (χ1) is 6.25. The molecular formula is C9H18N3O. The van der Waals surface area contributed by atoms with Crippen LogP contribution in [0.2, 0.25) is 0 Å². The van der Waals surface area contributed by atoms with Crippen molar-refractivity contribution in [3.8, 4) is 0 Å². The average molecular weight is 184 g/mol. The number of rotatable bonds is 4. The van der Waals surface area contributed by atoms with Gasteiger partial charge in [-0.05, 0) is 6.42 Å². The molecule has 0 aromatic heterocycles. The third-order valence-electron chi connectivity index (χ3n) is 2.44. The lowest BCUT2D eigenvalue weighted by Gasteiger charge is -2.28. The van der Waals surface area contributed by atoms with Crippen LogP contribution < -0.4 is 16.4 Å². The van der Waals surface area contributed by atoms with Crippen molar-refractivity contribution in [2.75, 3.05) is 19.6 Å². The van der Waals surface area contributed by atoms with Gasteiger partial charge in [0.1, 0.15) is 0 Å². The van der Waals surface area contributed by atoms with Gasteiger partial charge in [-0.1, -0.05) is 13.3 Å². The SMILES string of the molecule is CCCC(C(N)=O)C1CNCC[N]1. The van der Waals surface area contributed by atoms with E-state index in [4.69, 9.17) is 5.73 Å². The summed E-state index contributed by atoms with van der Waals surface area (Å²) in [6.45, 7) is 4.59. The second kappa shape index (κ2) is 5.19. The van der Waals surface area contributed by atoms with Crippen molar-refractivity contribution < 1.29 is 4.79 Å². The maximum Gasteiger partial charge on any atom is 0.222 e. The number of amides is 1. The van der Waals surface area contributed by atoms with E-state index in [0.29, 0.717) is 0 Å². The van der Waals surface area contributed by atoms with E-state index in [9.17, 15) is 4.79 Å². The van der Waals surface area contributed by atoms with Crippen LogP contribution in [0.5, 0.6) is 0 Å². The topological polar surface area (TPSA) is 69.2 Å². The zero-order chi connectivity index (χ0) is 9.68. The summed E-state index contributed by atoms with van der Waals surface area (Å²) >= 11 is 0. The second-order valence-corrected chi connectivity index (χ2v) is 3.48. The molecule has 0 spiro atoms. The van der Waals surface area contributed by atoms with E-state index in [1.54, 1.807) is 0 Å². The molecule has 0 saturated carbocycles. The number of nitrogens with two attached hydrogens (primary N) is 1. The highest BCUT2D eigenvalue weighted by Gasteiger charge is 2.27. The molecular weight excluding hydrogens is 166 g/mol. The zero-order valence-corrected chi connectivity index (χ0v) is 8.12. The highest BCUT2D eigenvalue weighted by molar-refractivity contribution is 5.77. The molecule has 0 aromatic rings. The van der Waals surface area contributed by atoms with Gasteiger partial charge in [-0.2, -0.15) is 0 Å². The lowest BCUT2D eigenvalue weighted by molar-refractivity contribution is -0.123. The molecule has 0 bridgehead atoms. The summed E-state index contributed by atoms with van der Waals surface area (Å²) in [5.41, 5.74) is 5.33. The summed E-state index contributed by atoms with van der Waals surface area (Å²) in [6.07, 6.45) is 1.84. The third kappa shape index (κ3) is 2.97. The summed E-state index contributed by atoms with van der Waals surface area (Å²) < 4.78 is 0. The number of carbonyl (C=O) groups is 1. The molecule has 1 radical (unpaired) electrons. The first-order valence-corrected chi connectivity index (χ1v) is 4.92. The Labute approximate surface area is 79.3 Å². The summed E-state index contributed by atoms with van der Waals surface area (Å²) in [6, 6.07) is 0.103. The minimum Gasteiger partial charge on any atom is -0.369 e. The minimum absolute atomic E-state index is 0.0715. The maximum atomic E-state index is 11.1. The smallest absolute Gasteiger partial charge is 0.222 e. The van der Waals surface area contributed by atoms with Gasteiger partial charge in [0.2, 0.25) is 5.91 Å². The van der Waals surface area contributed by atoms with E-state index in [1.165, 1.54) is 0 Å². The number of nitrogens with zero attached hydrogens (tertiary/aromatic N) is 1. The van der Waals surface area contributed by atoms with Gasteiger partial charge in [-0.25, -0.2) is 5.32 Å². The molecule has 0 aliphatic carbocycles. The predicted octanol–water partition coefficient (Wildman–Crippen LogP) is -0.536. The Morgan fingerprint density at radius 1 is 1.77 bits per heavy atom. The fraction of sp³-hybridized carbons (Fsp3) is 0.889. The van der Waals surface area contributed by atoms with E-state index < -0.39 is 0 Å². The number of nitrogens with one attached hydrogen (secondary N) is 1. The van der Waals surface area contributed by atoms with Crippen molar-refractivity contribution in [3.05, 3.63) is 0 Å². The molecule has 1 heterocycles. The number of piperazine rings is 1. The molecule has 4 nitrogen and oxygen atoms in total. The van der Waals surface area contributed by atoms with Crippen molar-refractivity contribution in [2.45, 2.75) is 25.8 Å². The Bertz CT molecular complexity index is 166. The van der Waals surface area contributed by atoms with Gasteiger partial charge in [0.25, 0.3) is 0 Å². The standard InChI is InChI=1S/C9H18N3O/c1-2-3-7(9(10)13)8-6-11-4-5-12-8/h7-8,11H,2-6H2,1H3,(H2,10,13). The van der Waals surface area contributed by atoms with Crippen molar-refractivity contribution >= 4 is 5.91 Å². The predicted molar refractivity (Wildman–Crippen MR) is 51.3 cm³/mol. The number of hydrogen-bond acceptors (Lipinski definition) is 2. The zero-order valence-electron chi connectivity index (χ0n) is 8.12.